The van der Waals surface area contributed by atoms with Crippen LogP contribution in [-0.4, -0.2) is 19.8 Å². The molecule has 0 heterocycles. The average molecular weight is 369 g/mol. The van der Waals surface area contributed by atoms with Gasteiger partial charge in [-0.3, -0.25) is 0 Å². The molecule has 0 bridgehead atoms. The van der Waals surface area contributed by atoms with E-state index in [0.29, 0.717) is 5.56 Å². The molecule has 0 fully saturated rings. The second kappa shape index (κ2) is 7.41. The Morgan fingerprint density at radius 1 is 1.04 bits per heavy atom. The summed E-state index contributed by atoms with van der Waals surface area (Å²) in [6.07, 6.45) is -3.11. The average Bonchev–Trinajstić information content (AvgIpc) is 2.54. The summed E-state index contributed by atoms with van der Waals surface area (Å²) in [7, 11) is -2.59. The van der Waals surface area contributed by atoms with Gasteiger partial charge in [-0.1, -0.05) is 48.0 Å². The van der Waals surface area contributed by atoms with E-state index in [2.05, 4.69) is 0 Å². The van der Waals surface area contributed by atoms with Crippen molar-refractivity contribution in [3.8, 4) is 0 Å². The van der Waals surface area contributed by atoms with Crippen LogP contribution in [0.3, 0.4) is 0 Å². The van der Waals surface area contributed by atoms with Gasteiger partial charge < -0.3 is 0 Å². The summed E-state index contributed by atoms with van der Waals surface area (Å²) < 4.78 is 64.5. The monoisotopic (exact) mass is 369 g/mol. The zero-order valence-electron chi connectivity index (χ0n) is 13.8. The zero-order valence-corrected chi connectivity index (χ0v) is 14.6. The lowest BCUT2D eigenvalue weighted by atomic mass is 10.1. The van der Waals surface area contributed by atoms with Crippen molar-refractivity contribution in [2.45, 2.75) is 19.6 Å². The maximum Gasteiger partial charge on any atom is 0.416 e. The molecule has 0 atom stereocenters. The second-order valence-electron chi connectivity index (χ2n) is 5.67. The molecule has 0 saturated heterocycles. The fourth-order valence-corrected chi connectivity index (χ4v) is 3.07. The maximum atomic E-state index is 13.0. The van der Waals surface area contributed by atoms with E-state index in [9.17, 15) is 21.6 Å². The number of rotatable bonds is 5. The standard InChI is InChI=1S/C18H18F3NO2S/c1-14-7-9-15(10-8-14)11-12-25(23,24)22(2)13-16-5-3-4-6-17(16)18(19,20)21/h3-12H,13H2,1-2H3/b12-11+. The molecule has 0 spiro atoms. The number of aryl methyl sites for hydroxylation is 1. The number of hydrogen-bond acceptors (Lipinski definition) is 2. The van der Waals surface area contributed by atoms with Crippen LogP contribution >= 0.6 is 0 Å². The molecule has 25 heavy (non-hydrogen) atoms. The number of halogens is 3. The van der Waals surface area contributed by atoms with Gasteiger partial charge in [0.25, 0.3) is 0 Å². The Morgan fingerprint density at radius 2 is 1.64 bits per heavy atom. The van der Waals surface area contributed by atoms with Crippen molar-refractivity contribution in [3.05, 3.63) is 76.2 Å². The van der Waals surface area contributed by atoms with Gasteiger partial charge >= 0.3 is 6.18 Å². The van der Waals surface area contributed by atoms with Crippen LogP contribution in [0, 0.1) is 6.92 Å². The summed E-state index contributed by atoms with van der Waals surface area (Å²) >= 11 is 0. The van der Waals surface area contributed by atoms with E-state index < -0.39 is 21.8 Å². The number of sulfonamides is 1. The normalized spacial score (nSPS) is 12.9. The van der Waals surface area contributed by atoms with Crippen molar-refractivity contribution in [1.29, 1.82) is 0 Å². The Labute approximate surface area is 145 Å². The predicted octanol–water partition coefficient (Wildman–Crippen LogP) is 4.45. The highest BCUT2D eigenvalue weighted by molar-refractivity contribution is 7.92. The lowest BCUT2D eigenvalue weighted by Gasteiger charge is -2.18. The van der Waals surface area contributed by atoms with E-state index in [1.54, 1.807) is 12.1 Å². The number of nitrogens with zero attached hydrogens (tertiary/aromatic N) is 1. The van der Waals surface area contributed by atoms with Crippen LogP contribution in [0.2, 0.25) is 0 Å². The molecule has 0 amide bonds. The number of hydrogen-bond donors (Lipinski definition) is 0. The van der Waals surface area contributed by atoms with Gasteiger partial charge in [-0.25, -0.2) is 8.42 Å². The first-order valence-electron chi connectivity index (χ1n) is 7.46. The molecule has 2 aromatic carbocycles. The Morgan fingerprint density at radius 3 is 2.24 bits per heavy atom. The molecule has 0 radical (unpaired) electrons. The van der Waals surface area contributed by atoms with Crippen molar-refractivity contribution in [1.82, 2.24) is 4.31 Å². The van der Waals surface area contributed by atoms with Crippen LogP contribution in [0.4, 0.5) is 13.2 Å². The summed E-state index contributed by atoms with van der Waals surface area (Å²) in [6.45, 7) is 1.55. The molecular formula is C18H18F3NO2S. The highest BCUT2D eigenvalue weighted by Crippen LogP contribution is 2.32. The molecular weight excluding hydrogens is 351 g/mol. The molecule has 0 unspecified atom stereocenters. The molecule has 0 aliphatic rings. The Balaban J connectivity index is 2.20. The Kier molecular flexibility index (Phi) is 5.69. The quantitative estimate of drug-likeness (QED) is 0.781. The summed E-state index contributed by atoms with van der Waals surface area (Å²) in [4.78, 5) is 0. The minimum absolute atomic E-state index is 0.0928. The van der Waals surface area contributed by atoms with E-state index in [1.165, 1.54) is 31.3 Å². The molecule has 7 heteroatoms. The van der Waals surface area contributed by atoms with Gasteiger partial charge in [0, 0.05) is 19.0 Å². The van der Waals surface area contributed by atoms with Gasteiger partial charge in [0.2, 0.25) is 10.0 Å². The number of alkyl halides is 3. The topological polar surface area (TPSA) is 37.4 Å². The third-order valence-electron chi connectivity index (χ3n) is 3.66. The largest absolute Gasteiger partial charge is 0.416 e. The van der Waals surface area contributed by atoms with Gasteiger partial charge in [-0.15, -0.1) is 0 Å². The minimum atomic E-state index is -4.53. The summed E-state index contributed by atoms with van der Waals surface area (Å²) in [5, 5.41) is 0.994. The van der Waals surface area contributed by atoms with Crippen LogP contribution < -0.4 is 0 Å². The van der Waals surface area contributed by atoms with E-state index >= 15 is 0 Å². The van der Waals surface area contributed by atoms with Crippen molar-refractivity contribution in [3.63, 3.8) is 0 Å². The minimum Gasteiger partial charge on any atom is -0.208 e. The van der Waals surface area contributed by atoms with Gasteiger partial charge in [0.15, 0.2) is 0 Å². The van der Waals surface area contributed by atoms with Crippen molar-refractivity contribution in [2.24, 2.45) is 0 Å². The van der Waals surface area contributed by atoms with E-state index in [0.717, 1.165) is 21.3 Å². The third kappa shape index (κ3) is 5.17. The van der Waals surface area contributed by atoms with E-state index in [4.69, 9.17) is 0 Å². The Hall–Kier alpha value is -2.12. The first-order chi connectivity index (χ1) is 11.6. The highest BCUT2D eigenvalue weighted by atomic mass is 32.2. The van der Waals surface area contributed by atoms with Crippen molar-refractivity contribution < 1.29 is 21.6 Å². The molecule has 0 N–H and O–H groups in total. The van der Waals surface area contributed by atoms with E-state index in [1.807, 2.05) is 19.1 Å². The highest BCUT2D eigenvalue weighted by Gasteiger charge is 2.33. The molecule has 0 saturated carbocycles. The SMILES string of the molecule is Cc1ccc(/C=C/S(=O)(=O)N(C)Cc2ccccc2C(F)(F)F)cc1. The summed E-state index contributed by atoms with van der Waals surface area (Å²) in [6, 6.07) is 12.2. The third-order valence-corrected chi connectivity index (χ3v) is 5.14. The molecule has 2 rings (SSSR count). The summed E-state index contributed by atoms with van der Waals surface area (Å²) in [5.74, 6) is 0. The van der Waals surface area contributed by atoms with Crippen molar-refractivity contribution in [2.75, 3.05) is 7.05 Å². The van der Waals surface area contributed by atoms with Crippen LogP contribution in [0.15, 0.2) is 53.9 Å². The molecule has 0 aliphatic carbocycles. The first-order valence-corrected chi connectivity index (χ1v) is 8.96. The molecule has 2 aromatic rings. The van der Waals surface area contributed by atoms with Gasteiger partial charge in [-0.2, -0.15) is 17.5 Å². The molecule has 3 nitrogen and oxygen atoms in total. The van der Waals surface area contributed by atoms with Crippen LogP contribution in [0.1, 0.15) is 22.3 Å². The summed E-state index contributed by atoms with van der Waals surface area (Å²) in [5.41, 5.74) is 0.809. The second-order valence-corrected chi connectivity index (χ2v) is 7.59. The lowest BCUT2D eigenvalue weighted by Crippen LogP contribution is -2.25. The fraction of sp³-hybridized carbons (Fsp3) is 0.222. The Bertz CT molecular complexity index is 857. The van der Waals surface area contributed by atoms with Crippen LogP contribution in [0.25, 0.3) is 6.08 Å². The van der Waals surface area contributed by atoms with Crippen molar-refractivity contribution >= 4 is 16.1 Å². The van der Waals surface area contributed by atoms with Gasteiger partial charge in [0.1, 0.15) is 0 Å². The first kappa shape index (κ1) is 19.2. The van der Waals surface area contributed by atoms with Gasteiger partial charge in [-0.05, 0) is 30.2 Å². The fourth-order valence-electron chi connectivity index (χ4n) is 2.21. The molecule has 134 valence electrons. The van der Waals surface area contributed by atoms with Gasteiger partial charge in [0.05, 0.1) is 5.56 Å². The zero-order chi connectivity index (χ0) is 18.7. The smallest absolute Gasteiger partial charge is 0.208 e. The molecule has 0 aliphatic heterocycles. The lowest BCUT2D eigenvalue weighted by molar-refractivity contribution is -0.138. The predicted molar refractivity (Wildman–Crippen MR) is 92.0 cm³/mol. The maximum absolute atomic E-state index is 13.0. The van der Waals surface area contributed by atoms with E-state index in [-0.39, 0.29) is 12.1 Å². The van der Waals surface area contributed by atoms with Crippen LogP contribution in [-0.2, 0) is 22.7 Å². The molecule has 0 aromatic heterocycles. The number of benzene rings is 2. The van der Waals surface area contributed by atoms with Crippen LogP contribution in [0.5, 0.6) is 0 Å².